The van der Waals surface area contributed by atoms with Gasteiger partial charge < -0.3 is 9.47 Å². The first-order valence-corrected chi connectivity index (χ1v) is 11.0. The lowest BCUT2D eigenvalue weighted by Gasteiger charge is -2.32. The van der Waals surface area contributed by atoms with Crippen LogP contribution in [0, 0.1) is 0 Å². The topological polar surface area (TPSA) is 105 Å². The predicted octanol–water partition coefficient (Wildman–Crippen LogP) is 3.07. The molecule has 0 aliphatic carbocycles. The van der Waals surface area contributed by atoms with Crippen LogP contribution in [0.25, 0.3) is 0 Å². The summed E-state index contributed by atoms with van der Waals surface area (Å²) in [5, 5.41) is 9.00. The van der Waals surface area contributed by atoms with Crippen molar-refractivity contribution >= 4 is 15.9 Å². The minimum absolute atomic E-state index is 0.0156. The zero-order valence-electron chi connectivity index (χ0n) is 16.9. The van der Waals surface area contributed by atoms with E-state index in [9.17, 15) is 26.4 Å². The third-order valence-corrected chi connectivity index (χ3v) is 6.98. The van der Waals surface area contributed by atoms with Crippen LogP contribution in [0.3, 0.4) is 0 Å². The number of piperidine rings is 1. The van der Waals surface area contributed by atoms with Crippen molar-refractivity contribution < 1.29 is 41.1 Å². The Labute approximate surface area is 182 Å². The Morgan fingerprint density at radius 3 is 2.28 bits per heavy atom. The Hall–Kier alpha value is -2.83. The van der Waals surface area contributed by atoms with Crippen molar-refractivity contribution in [1.82, 2.24) is 9.79 Å². The normalized spacial score (nSPS) is 15.9. The number of rotatable bonds is 6. The number of sulfonamides is 1. The van der Waals surface area contributed by atoms with Gasteiger partial charge in [0, 0.05) is 13.1 Å². The van der Waals surface area contributed by atoms with Crippen LogP contribution in [0.4, 0.5) is 13.2 Å². The lowest BCUT2D eigenvalue weighted by atomic mass is 10.1. The van der Waals surface area contributed by atoms with Gasteiger partial charge in [0.2, 0.25) is 10.0 Å². The van der Waals surface area contributed by atoms with Crippen LogP contribution in [0.15, 0.2) is 47.4 Å². The lowest BCUT2D eigenvalue weighted by Crippen LogP contribution is -2.42. The SMILES string of the molecule is COc1cccc(S(=O)(=O)N2CCC(Oc3ccc(C(F)(F)F)cc3)CC2)c1C(=O)NO. The zero-order valence-corrected chi connectivity index (χ0v) is 17.7. The number of methoxy groups -OCH3 is 1. The van der Waals surface area contributed by atoms with Crippen molar-refractivity contribution in [3.05, 3.63) is 53.6 Å². The van der Waals surface area contributed by atoms with E-state index in [2.05, 4.69) is 0 Å². The van der Waals surface area contributed by atoms with Gasteiger partial charge in [-0.2, -0.15) is 17.5 Å². The summed E-state index contributed by atoms with van der Waals surface area (Å²) in [4.78, 5) is 11.8. The van der Waals surface area contributed by atoms with Gasteiger partial charge >= 0.3 is 6.18 Å². The highest BCUT2D eigenvalue weighted by molar-refractivity contribution is 7.89. The van der Waals surface area contributed by atoms with Gasteiger partial charge in [0.25, 0.3) is 5.91 Å². The molecule has 0 atom stereocenters. The molecule has 0 bridgehead atoms. The fraction of sp³-hybridized carbons (Fsp3) is 0.350. The van der Waals surface area contributed by atoms with E-state index in [1.807, 2.05) is 0 Å². The molecule has 0 radical (unpaired) electrons. The van der Waals surface area contributed by atoms with Crippen molar-refractivity contribution in [3.8, 4) is 11.5 Å². The molecule has 174 valence electrons. The highest BCUT2D eigenvalue weighted by atomic mass is 32.2. The van der Waals surface area contributed by atoms with Crippen molar-refractivity contribution in [2.24, 2.45) is 0 Å². The third kappa shape index (κ3) is 4.97. The number of hydrogen-bond acceptors (Lipinski definition) is 6. The van der Waals surface area contributed by atoms with E-state index in [1.165, 1.54) is 47.2 Å². The summed E-state index contributed by atoms with van der Waals surface area (Å²) in [6, 6.07) is 8.35. The number of amides is 1. The smallest absolute Gasteiger partial charge is 0.416 e. The molecule has 0 saturated carbocycles. The number of hydrogen-bond donors (Lipinski definition) is 2. The molecule has 1 fully saturated rings. The van der Waals surface area contributed by atoms with Gasteiger partial charge in [-0.05, 0) is 49.2 Å². The van der Waals surface area contributed by atoms with Crippen LogP contribution in [0.5, 0.6) is 11.5 Å². The van der Waals surface area contributed by atoms with E-state index in [0.29, 0.717) is 12.8 Å². The second-order valence-electron chi connectivity index (χ2n) is 7.02. The first kappa shape index (κ1) is 23.8. The molecule has 1 aliphatic heterocycles. The van der Waals surface area contributed by atoms with Crippen molar-refractivity contribution in [2.75, 3.05) is 20.2 Å². The molecule has 12 heteroatoms. The number of hydroxylamine groups is 1. The number of ether oxygens (including phenoxy) is 2. The highest BCUT2D eigenvalue weighted by Crippen LogP contribution is 2.32. The maximum Gasteiger partial charge on any atom is 0.416 e. The van der Waals surface area contributed by atoms with Gasteiger partial charge in [-0.3, -0.25) is 10.0 Å². The number of nitrogens with one attached hydrogen (secondary N) is 1. The number of benzene rings is 2. The van der Waals surface area contributed by atoms with Crippen LogP contribution < -0.4 is 15.0 Å². The van der Waals surface area contributed by atoms with E-state index >= 15 is 0 Å². The standard InChI is InChI=1S/C20H21F3N2O6S/c1-30-16-3-2-4-17(18(16)19(26)24-27)32(28,29)25-11-9-15(10-12-25)31-14-7-5-13(6-8-14)20(21,22)23/h2-8,15,27H,9-12H2,1H3,(H,24,26). The number of nitrogens with zero attached hydrogens (tertiary/aromatic N) is 1. The maximum atomic E-state index is 13.2. The minimum atomic E-state index is -4.44. The average molecular weight is 474 g/mol. The fourth-order valence-electron chi connectivity index (χ4n) is 3.42. The Morgan fingerprint density at radius 2 is 1.75 bits per heavy atom. The second kappa shape index (κ2) is 9.35. The van der Waals surface area contributed by atoms with Crippen LogP contribution >= 0.6 is 0 Å². The number of carbonyl (C=O) groups is 1. The first-order chi connectivity index (χ1) is 15.1. The van der Waals surface area contributed by atoms with Crippen molar-refractivity contribution in [2.45, 2.75) is 30.0 Å². The van der Waals surface area contributed by atoms with Crippen LogP contribution in [-0.4, -0.2) is 50.1 Å². The molecule has 2 aromatic rings. The fourth-order valence-corrected chi connectivity index (χ4v) is 5.09. The molecule has 32 heavy (non-hydrogen) atoms. The second-order valence-corrected chi connectivity index (χ2v) is 8.92. The Balaban J connectivity index is 1.72. The summed E-state index contributed by atoms with van der Waals surface area (Å²) in [7, 11) is -2.83. The highest BCUT2D eigenvalue weighted by Gasteiger charge is 2.34. The maximum absolute atomic E-state index is 13.2. The van der Waals surface area contributed by atoms with E-state index in [0.717, 1.165) is 12.1 Å². The lowest BCUT2D eigenvalue weighted by molar-refractivity contribution is -0.137. The van der Waals surface area contributed by atoms with Crippen LogP contribution in [0.2, 0.25) is 0 Å². The van der Waals surface area contributed by atoms with E-state index in [4.69, 9.17) is 14.7 Å². The van der Waals surface area contributed by atoms with Crippen LogP contribution in [0.1, 0.15) is 28.8 Å². The van der Waals surface area contributed by atoms with Gasteiger partial charge in [0.15, 0.2) is 0 Å². The minimum Gasteiger partial charge on any atom is -0.496 e. The zero-order chi connectivity index (χ0) is 23.5. The quantitative estimate of drug-likeness (QED) is 0.493. The molecule has 1 aliphatic rings. The largest absolute Gasteiger partial charge is 0.496 e. The molecule has 1 heterocycles. The van der Waals surface area contributed by atoms with Gasteiger partial charge in [0.05, 0.1) is 17.6 Å². The summed E-state index contributed by atoms with van der Waals surface area (Å²) in [5.41, 5.74) is 0.322. The summed E-state index contributed by atoms with van der Waals surface area (Å²) >= 11 is 0. The molecule has 2 aromatic carbocycles. The van der Waals surface area contributed by atoms with E-state index < -0.39 is 27.7 Å². The van der Waals surface area contributed by atoms with Gasteiger partial charge in [-0.1, -0.05) is 6.07 Å². The molecule has 8 nitrogen and oxygen atoms in total. The van der Waals surface area contributed by atoms with E-state index in [-0.39, 0.29) is 41.2 Å². The molecule has 0 spiro atoms. The summed E-state index contributed by atoms with van der Waals surface area (Å²) in [6.45, 7) is 0.149. The number of halogens is 3. The first-order valence-electron chi connectivity index (χ1n) is 9.53. The molecule has 1 saturated heterocycles. The van der Waals surface area contributed by atoms with E-state index in [1.54, 1.807) is 0 Å². The van der Waals surface area contributed by atoms with Crippen LogP contribution in [-0.2, 0) is 16.2 Å². The molecule has 1 amide bonds. The van der Waals surface area contributed by atoms with Gasteiger partial charge in [0.1, 0.15) is 23.2 Å². The molecular weight excluding hydrogens is 453 g/mol. The Kier molecular flexibility index (Phi) is 6.96. The molecule has 0 aromatic heterocycles. The Bertz CT molecular complexity index is 1070. The Morgan fingerprint density at radius 1 is 1.12 bits per heavy atom. The third-order valence-electron chi connectivity index (χ3n) is 5.04. The number of carbonyl (C=O) groups excluding carboxylic acids is 1. The average Bonchev–Trinajstić information content (AvgIpc) is 2.78. The van der Waals surface area contributed by atoms with Gasteiger partial charge in [-0.15, -0.1) is 0 Å². The summed E-state index contributed by atoms with van der Waals surface area (Å²) < 4.78 is 76.3. The van der Waals surface area contributed by atoms with Crippen molar-refractivity contribution in [3.63, 3.8) is 0 Å². The molecular formula is C20H21F3N2O6S. The summed E-state index contributed by atoms with van der Waals surface area (Å²) in [5.74, 6) is -0.784. The van der Waals surface area contributed by atoms with Crippen molar-refractivity contribution in [1.29, 1.82) is 0 Å². The molecule has 3 rings (SSSR count). The molecule has 2 N–H and O–H groups in total. The van der Waals surface area contributed by atoms with Gasteiger partial charge in [-0.25, -0.2) is 13.9 Å². The predicted molar refractivity (Wildman–Crippen MR) is 106 cm³/mol. The molecule has 0 unspecified atom stereocenters. The summed E-state index contributed by atoms with van der Waals surface area (Å²) in [6.07, 6.45) is -4.23. The number of alkyl halides is 3. The monoisotopic (exact) mass is 474 g/mol.